The van der Waals surface area contributed by atoms with Gasteiger partial charge in [0.15, 0.2) is 12.5 Å². The Morgan fingerprint density at radius 2 is 2.05 bits per heavy atom. The van der Waals surface area contributed by atoms with Crippen LogP contribution in [0.4, 0.5) is 0 Å². The second-order valence-electron chi connectivity index (χ2n) is 5.31. The van der Waals surface area contributed by atoms with E-state index in [9.17, 15) is 14.7 Å². The summed E-state index contributed by atoms with van der Waals surface area (Å²) >= 11 is 0. The van der Waals surface area contributed by atoms with E-state index in [1.54, 1.807) is 6.92 Å². The van der Waals surface area contributed by atoms with Gasteiger partial charge in [-0.05, 0) is 6.92 Å². The van der Waals surface area contributed by atoms with Crippen molar-refractivity contribution in [1.29, 1.82) is 0 Å². The normalized spacial score (nSPS) is 34.0. The lowest BCUT2D eigenvalue weighted by Gasteiger charge is -2.20. The van der Waals surface area contributed by atoms with Crippen LogP contribution in [0.15, 0.2) is 15.8 Å². The molecule has 1 aromatic rings. The molecule has 9 nitrogen and oxygen atoms in total. The molecule has 0 bridgehead atoms. The van der Waals surface area contributed by atoms with E-state index >= 15 is 0 Å². The summed E-state index contributed by atoms with van der Waals surface area (Å²) in [4.78, 5) is 25.7. The molecule has 122 valence electrons. The fourth-order valence-corrected chi connectivity index (χ4v) is 2.76. The predicted molar refractivity (Wildman–Crippen MR) is 72.5 cm³/mol. The third kappa shape index (κ3) is 2.50. The number of methoxy groups -OCH3 is 1. The second-order valence-corrected chi connectivity index (χ2v) is 5.31. The summed E-state index contributed by atoms with van der Waals surface area (Å²) in [7, 11) is 1.52. The van der Waals surface area contributed by atoms with Crippen LogP contribution in [-0.4, -0.2) is 59.6 Å². The predicted octanol–water partition coefficient (Wildman–Crippen LogP) is -1.51. The van der Waals surface area contributed by atoms with Crippen molar-refractivity contribution in [2.45, 2.75) is 37.8 Å². The van der Waals surface area contributed by atoms with Crippen molar-refractivity contribution in [1.82, 2.24) is 9.55 Å². The van der Waals surface area contributed by atoms with Crippen molar-refractivity contribution in [3.63, 3.8) is 0 Å². The number of nitrogens with zero attached hydrogens (tertiary/aromatic N) is 1. The standard InChI is InChI=1S/C13H18N2O7/c1-6-3-15(13(18)14-11(6)17)12-10-9(7(4-16)20-12)21-8(22-10)5-19-2/h3,7-10,12,16H,4-5H2,1-2H3,(H,14,17,18)/t7-,8?,9-,10-,12-/m1/s1. The molecule has 1 aromatic heterocycles. The first-order valence-electron chi connectivity index (χ1n) is 6.93. The Balaban J connectivity index is 1.93. The number of aryl methyl sites for hydroxylation is 1. The van der Waals surface area contributed by atoms with Gasteiger partial charge < -0.3 is 24.1 Å². The van der Waals surface area contributed by atoms with Gasteiger partial charge >= 0.3 is 5.69 Å². The average Bonchev–Trinajstić information content (AvgIpc) is 3.02. The van der Waals surface area contributed by atoms with Crippen molar-refractivity contribution >= 4 is 0 Å². The van der Waals surface area contributed by atoms with Gasteiger partial charge in [0.2, 0.25) is 0 Å². The summed E-state index contributed by atoms with van der Waals surface area (Å²) in [5, 5.41) is 9.42. The number of aliphatic hydroxyl groups excluding tert-OH is 1. The number of H-pyrrole nitrogens is 1. The second kappa shape index (κ2) is 5.94. The first kappa shape index (κ1) is 15.4. The third-order valence-corrected chi connectivity index (χ3v) is 3.81. The monoisotopic (exact) mass is 314 g/mol. The van der Waals surface area contributed by atoms with Gasteiger partial charge in [0, 0.05) is 18.9 Å². The van der Waals surface area contributed by atoms with Gasteiger partial charge in [-0.25, -0.2) is 4.79 Å². The molecule has 2 aliphatic heterocycles. The molecule has 0 spiro atoms. The number of aliphatic hydroxyl groups is 1. The fourth-order valence-electron chi connectivity index (χ4n) is 2.76. The molecule has 2 saturated heterocycles. The van der Waals surface area contributed by atoms with Gasteiger partial charge in [-0.3, -0.25) is 14.3 Å². The molecular formula is C13H18N2O7. The highest BCUT2D eigenvalue weighted by Crippen LogP contribution is 2.38. The molecule has 2 fully saturated rings. The molecule has 3 heterocycles. The number of nitrogens with one attached hydrogen (secondary N) is 1. The first-order valence-corrected chi connectivity index (χ1v) is 6.93. The highest BCUT2D eigenvalue weighted by Gasteiger charge is 2.53. The van der Waals surface area contributed by atoms with E-state index in [4.69, 9.17) is 18.9 Å². The largest absolute Gasteiger partial charge is 0.394 e. The van der Waals surface area contributed by atoms with Crippen molar-refractivity contribution < 1.29 is 24.1 Å². The van der Waals surface area contributed by atoms with Crippen molar-refractivity contribution in [2.75, 3.05) is 20.3 Å². The minimum Gasteiger partial charge on any atom is -0.394 e. The Morgan fingerprint density at radius 3 is 2.73 bits per heavy atom. The van der Waals surface area contributed by atoms with Crippen LogP contribution in [0, 0.1) is 6.92 Å². The molecule has 0 radical (unpaired) electrons. The van der Waals surface area contributed by atoms with Crippen LogP contribution in [0.2, 0.25) is 0 Å². The zero-order chi connectivity index (χ0) is 15.9. The highest BCUT2D eigenvalue weighted by molar-refractivity contribution is 5.04. The van der Waals surface area contributed by atoms with E-state index in [0.717, 1.165) is 0 Å². The molecule has 22 heavy (non-hydrogen) atoms. The number of hydrogen-bond acceptors (Lipinski definition) is 7. The van der Waals surface area contributed by atoms with Crippen LogP contribution in [0.25, 0.3) is 0 Å². The Labute approximate surface area is 125 Å². The van der Waals surface area contributed by atoms with Crippen molar-refractivity contribution in [3.8, 4) is 0 Å². The van der Waals surface area contributed by atoms with Crippen LogP contribution in [-0.2, 0) is 18.9 Å². The summed E-state index contributed by atoms with van der Waals surface area (Å²) in [6.45, 7) is 1.56. The number of aromatic nitrogens is 2. The summed E-state index contributed by atoms with van der Waals surface area (Å²) in [6, 6.07) is 0. The number of ether oxygens (including phenoxy) is 4. The molecule has 5 atom stereocenters. The summed E-state index contributed by atoms with van der Waals surface area (Å²) < 4.78 is 23.3. The Bertz CT molecular complexity index is 655. The molecule has 2 aliphatic rings. The number of rotatable bonds is 4. The number of aromatic amines is 1. The van der Waals surface area contributed by atoms with E-state index < -0.39 is 42.1 Å². The summed E-state index contributed by atoms with van der Waals surface area (Å²) in [5.41, 5.74) is -0.674. The molecule has 1 unspecified atom stereocenters. The Kier molecular flexibility index (Phi) is 4.15. The molecular weight excluding hydrogens is 296 g/mol. The lowest BCUT2D eigenvalue weighted by atomic mass is 10.1. The zero-order valence-corrected chi connectivity index (χ0v) is 12.2. The molecule has 0 aromatic carbocycles. The Hall–Kier alpha value is -1.52. The molecule has 0 saturated carbocycles. The molecule has 0 aliphatic carbocycles. The van der Waals surface area contributed by atoms with Gasteiger partial charge in [0.25, 0.3) is 5.56 Å². The van der Waals surface area contributed by atoms with E-state index in [2.05, 4.69) is 4.98 Å². The maximum atomic E-state index is 12.0. The summed E-state index contributed by atoms with van der Waals surface area (Å²) in [5.74, 6) is 0. The quantitative estimate of drug-likeness (QED) is 0.695. The van der Waals surface area contributed by atoms with Crippen LogP contribution in [0.3, 0.4) is 0 Å². The third-order valence-electron chi connectivity index (χ3n) is 3.81. The van der Waals surface area contributed by atoms with Crippen LogP contribution in [0.5, 0.6) is 0 Å². The van der Waals surface area contributed by atoms with Crippen molar-refractivity contribution in [2.24, 2.45) is 0 Å². The lowest BCUT2D eigenvalue weighted by molar-refractivity contribution is -0.168. The van der Waals surface area contributed by atoms with Gasteiger partial charge in [-0.1, -0.05) is 0 Å². The fraction of sp³-hybridized carbons (Fsp3) is 0.692. The van der Waals surface area contributed by atoms with Crippen LogP contribution in [0.1, 0.15) is 11.8 Å². The van der Waals surface area contributed by atoms with Gasteiger partial charge in [-0.2, -0.15) is 0 Å². The van der Waals surface area contributed by atoms with Gasteiger partial charge in [0.05, 0.1) is 13.2 Å². The maximum absolute atomic E-state index is 12.0. The zero-order valence-electron chi connectivity index (χ0n) is 12.2. The molecule has 2 N–H and O–H groups in total. The summed E-state index contributed by atoms with van der Waals surface area (Å²) in [6.07, 6.45) is -1.65. The van der Waals surface area contributed by atoms with Gasteiger partial charge in [-0.15, -0.1) is 0 Å². The molecule has 3 rings (SSSR count). The first-order chi connectivity index (χ1) is 10.5. The molecule has 9 heteroatoms. The highest BCUT2D eigenvalue weighted by atomic mass is 16.8. The lowest BCUT2D eigenvalue weighted by Crippen LogP contribution is -2.37. The van der Waals surface area contributed by atoms with E-state index in [0.29, 0.717) is 5.56 Å². The van der Waals surface area contributed by atoms with Crippen molar-refractivity contribution in [3.05, 3.63) is 32.6 Å². The number of fused-ring (bicyclic) bond motifs is 1. The SMILES string of the molecule is COCC1O[C@@H]2[C@H](O1)[C@@H](CO)O[C@H]2n1cc(C)c(=O)[nH]c1=O. The number of hydrogen-bond donors (Lipinski definition) is 2. The van der Waals surface area contributed by atoms with E-state index in [1.807, 2.05) is 0 Å². The Morgan fingerprint density at radius 1 is 1.32 bits per heavy atom. The minimum absolute atomic E-state index is 0.234. The average molecular weight is 314 g/mol. The maximum Gasteiger partial charge on any atom is 0.330 e. The topological polar surface area (TPSA) is 112 Å². The van der Waals surface area contributed by atoms with Crippen LogP contribution >= 0.6 is 0 Å². The minimum atomic E-state index is -0.785. The van der Waals surface area contributed by atoms with E-state index in [-0.39, 0.29) is 13.2 Å². The van der Waals surface area contributed by atoms with Gasteiger partial charge in [0.1, 0.15) is 18.3 Å². The smallest absolute Gasteiger partial charge is 0.330 e. The van der Waals surface area contributed by atoms with Crippen LogP contribution < -0.4 is 11.2 Å². The van der Waals surface area contributed by atoms with E-state index in [1.165, 1.54) is 17.9 Å². The molecule has 0 amide bonds.